The molecule has 0 saturated carbocycles. The van der Waals surface area contributed by atoms with Crippen LogP contribution in [0.3, 0.4) is 0 Å². The summed E-state index contributed by atoms with van der Waals surface area (Å²) < 4.78 is 0. The normalized spacial score (nSPS) is 11.0. The molecular weight excluding hydrogens is 288 g/mol. The van der Waals surface area contributed by atoms with E-state index in [0.717, 1.165) is 39.5 Å². The van der Waals surface area contributed by atoms with Gasteiger partial charge in [-0.2, -0.15) is 0 Å². The van der Waals surface area contributed by atoms with Gasteiger partial charge in [0.1, 0.15) is 5.69 Å². The van der Waals surface area contributed by atoms with Gasteiger partial charge in [-0.3, -0.25) is 9.97 Å². The quantitative estimate of drug-likeness (QED) is 0.593. The molecule has 3 N–H and O–H groups in total. The Hall–Kier alpha value is -3.28. The Kier molecular flexibility index (Phi) is 3.01. The van der Waals surface area contributed by atoms with Crippen LogP contribution in [-0.2, 0) is 0 Å². The number of nitrogens with two attached hydrogens (primary N) is 1. The van der Waals surface area contributed by atoms with E-state index in [-0.39, 0.29) is 0 Å². The van der Waals surface area contributed by atoms with E-state index in [1.54, 1.807) is 12.5 Å². The maximum absolute atomic E-state index is 5.80. The van der Waals surface area contributed by atoms with Gasteiger partial charge in [-0.05, 0) is 37.3 Å². The van der Waals surface area contributed by atoms with Gasteiger partial charge in [0.25, 0.3) is 0 Å². The summed E-state index contributed by atoms with van der Waals surface area (Å²) in [5.41, 5.74) is 12.1. The number of rotatable bonds is 2. The third kappa shape index (κ3) is 2.40. The molecule has 0 aliphatic rings. The Labute approximate surface area is 132 Å². The molecule has 0 amide bonds. The molecule has 112 valence electrons. The second kappa shape index (κ2) is 5.17. The minimum absolute atomic E-state index is 0.590. The highest BCUT2D eigenvalue weighted by Gasteiger charge is 2.13. The number of nitrogen functional groups attached to an aromatic ring is 1. The van der Waals surface area contributed by atoms with Crippen molar-refractivity contribution in [2.45, 2.75) is 6.92 Å². The molecule has 0 aliphatic carbocycles. The van der Waals surface area contributed by atoms with Crippen LogP contribution in [0.15, 0.2) is 48.9 Å². The van der Waals surface area contributed by atoms with Crippen LogP contribution in [0.5, 0.6) is 0 Å². The minimum atomic E-state index is 0.590. The number of nitrogens with zero attached hydrogens (tertiary/aromatic N) is 4. The third-order valence-corrected chi connectivity index (χ3v) is 3.58. The van der Waals surface area contributed by atoms with Crippen LogP contribution in [0.25, 0.3) is 33.8 Å². The lowest BCUT2D eigenvalue weighted by atomic mass is 10.1. The van der Waals surface area contributed by atoms with Crippen LogP contribution in [0.1, 0.15) is 5.69 Å². The van der Waals surface area contributed by atoms with Gasteiger partial charge in [-0.15, -0.1) is 0 Å². The number of pyridine rings is 3. The summed E-state index contributed by atoms with van der Waals surface area (Å²) in [4.78, 5) is 21.0. The van der Waals surface area contributed by atoms with E-state index in [9.17, 15) is 0 Å². The topological polar surface area (TPSA) is 93.4 Å². The molecule has 0 bridgehead atoms. The van der Waals surface area contributed by atoms with E-state index in [1.165, 1.54) is 0 Å². The van der Waals surface area contributed by atoms with Crippen LogP contribution < -0.4 is 5.73 Å². The van der Waals surface area contributed by atoms with Gasteiger partial charge in [0.05, 0.1) is 46.3 Å². The lowest BCUT2D eigenvalue weighted by molar-refractivity contribution is 1.19. The molecule has 0 radical (unpaired) electrons. The Morgan fingerprint density at radius 2 is 1.87 bits per heavy atom. The minimum Gasteiger partial charge on any atom is -0.397 e. The van der Waals surface area contributed by atoms with Crippen molar-refractivity contribution >= 4 is 16.7 Å². The Morgan fingerprint density at radius 3 is 2.74 bits per heavy atom. The zero-order chi connectivity index (χ0) is 15.8. The molecule has 23 heavy (non-hydrogen) atoms. The van der Waals surface area contributed by atoms with Crippen molar-refractivity contribution in [2.24, 2.45) is 0 Å². The van der Waals surface area contributed by atoms with Gasteiger partial charge < -0.3 is 10.7 Å². The standard InChI is InChI=1S/C17H14N6/c1-10-3-2-4-13(22-10)16-17(21-9-20-16)14-6-5-12-15(23-14)7-11(18)8-19-12/h2-9H,18H2,1H3,(H,20,21). The summed E-state index contributed by atoms with van der Waals surface area (Å²) in [6.45, 7) is 1.96. The highest BCUT2D eigenvalue weighted by molar-refractivity contribution is 5.82. The molecule has 4 aromatic rings. The fourth-order valence-electron chi connectivity index (χ4n) is 2.52. The Bertz CT molecular complexity index is 1000. The van der Waals surface area contributed by atoms with Gasteiger partial charge in [0, 0.05) is 5.69 Å². The number of nitrogens with one attached hydrogen (secondary N) is 1. The number of aromatic amines is 1. The van der Waals surface area contributed by atoms with Gasteiger partial charge in [-0.1, -0.05) is 6.07 Å². The zero-order valence-corrected chi connectivity index (χ0v) is 12.5. The van der Waals surface area contributed by atoms with Crippen molar-refractivity contribution in [2.75, 3.05) is 5.73 Å². The van der Waals surface area contributed by atoms with E-state index < -0.39 is 0 Å². The van der Waals surface area contributed by atoms with Crippen molar-refractivity contribution in [1.82, 2.24) is 24.9 Å². The lowest BCUT2D eigenvalue weighted by Crippen LogP contribution is -1.93. The molecule has 4 aromatic heterocycles. The summed E-state index contributed by atoms with van der Waals surface area (Å²) in [6, 6.07) is 11.5. The molecule has 0 unspecified atom stereocenters. The predicted molar refractivity (Wildman–Crippen MR) is 89.5 cm³/mol. The van der Waals surface area contributed by atoms with E-state index in [2.05, 4.69) is 24.9 Å². The first-order valence-electron chi connectivity index (χ1n) is 7.21. The fraction of sp³-hybridized carbons (Fsp3) is 0.0588. The monoisotopic (exact) mass is 302 g/mol. The molecule has 4 rings (SSSR count). The Morgan fingerprint density at radius 1 is 0.957 bits per heavy atom. The average molecular weight is 302 g/mol. The Balaban J connectivity index is 1.87. The van der Waals surface area contributed by atoms with Gasteiger partial charge >= 0.3 is 0 Å². The average Bonchev–Trinajstić information content (AvgIpc) is 3.03. The molecule has 4 heterocycles. The predicted octanol–water partition coefficient (Wildman–Crippen LogP) is 2.97. The first kappa shape index (κ1) is 13.4. The molecule has 0 atom stereocenters. The largest absolute Gasteiger partial charge is 0.397 e. The van der Waals surface area contributed by atoms with Crippen LogP contribution in [0.4, 0.5) is 5.69 Å². The number of fused-ring (bicyclic) bond motifs is 1. The highest BCUT2D eigenvalue weighted by atomic mass is 14.9. The summed E-state index contributed by atoms with van der Waals surface area (Å²) in [7, 11) is 0. The first-order chi connectivity index (χ1) is 11.2. The smallest absolute Gasteiger partial charge is 0.116 e. The number of aromatic nitrogens is 5. The van der Waals surface area contributed by atoms with E-state index in [4.69, 9.17) is 5.73 Å². The number of anilines is 1. The number of H-pyrrole nitrogens is 1. The fourth-order valence-corrected chi connectivity index (χ4v) is 2.52. The van der Waals surface area contributed by atoms with Crippen LogP contribution in [0, 0.1) is 6.92 Å². The summed E-state index contributed by atoms with van der Waals surface area (Å²) in [5, 5.41) is 0. The van der Waals surface area contributed by atoms with E-state index in [1.807, 2.05) is 43.3 Å². The second-order valence-corrected chi connectivity index (χ2v) is 5.29. The van der Waals surface area contributed by atoms with Gasteiger partial charge in [-0.25, -0.2) is 9.97 Å². The molecule has 0 saturated heterocycles. The maximum Gasteiger partial charge on any atom is 0.116 e. The first-order valence-corrected chi connectivity index (χ1v) is 7.21. The maximum atomic E-state index is 5.80. The van der Waals surface area contributed by atoms with Crippen molar-refractivity contribution < 1.29 is 0 Å². The van der Waals surface area contributed by atoms with Crippen LogP contribution in [-0.4, -0.2) is 24.9 Å². The lowest BCUT2D eigenvalue weighted by Gasteiger charge is -2.05. The molecule has 0 aliphatic heterocycles. The number of hydrogen-bond donors (Lipinski definition) is 2. The third-order valence-electron chi connectivity index (χ3n) is 3.58. The SMILES string of the molecule is Cc1cccc(-c2nc[nH]c2-c2ccc3ncc(N)cc3n2)n1. The molecule has 0 aromatic carbocycles. The highest BCUT2D eigenvalue weighted by Crippen LogP contribution is 2.28. The molecule has 0 spiro atoms. The van der Waals surface area contributed by atoms with E-state index in [0.29, 0.717) is 5.69 Å². The summed E-state index contributed by atoms with van der Waals surface area (Å²) in [5.74, 6) is 0. The zero-order valence-electron chi connectivity index (χ0n) is 12.5. The van der Waals surface area contributed by atoms with E-state index >= 15 is 0 Å². The van der Waals surface area contributed by atoms with Crippen molar-refractivity contribution in [3.05, 3.63) is 54.6 Å². The second-order valence-electron chi connectivity index (χ2n) is 5.29. The number of aryl methyl sites for hydroxylation is 1. The molecule has 6 heteroatoms. The van der Waals surface area contributed by atoms with Gasteiger partial charge in [0.2, 0.25) is 0 Å². The summed E-state index contributed by atoms with van der Waals surface area (Å²) in [6.07, 6.45) is 3.28. The van der Waals surface area contributed by atoms with Gasteiger partial charge in [0.15, 0.2) is 0 Å². The van der Waals surface area contributed by atoms with Crippen LogP contribution >= 0.6 is 0 Å². The van der Waals surface area contributed by atoms with Crippen molar-refractivity contribution in [1.29, 1.82) is 0 Å². The number of hydrogen-bond acceptors (Lipinski definition) is 5. The summed E-state index contributed by atoms with van der Waals surface area (Å²) >= 11 is 0. The molecule has 6 nitrogen and oxygen atoms in total. The van der Waals surface area contributed by atoms with Crippen molar-refractivity contribution in [3.63, 3.8) is 0 Å². The number of imidazole rings is 1. The molecule has 0 fully saturated rings. The molecular formula is C17H14N6. The van der Waals surface area contributed by atoms with Crippen molar-refractivity contribution in [3.8, 4) is 22.8 Å². The van der Waals surface area contributed by atoms with Crippen LogP contribution in [0.2, 0.25) is 0 Å².